The summed E-state index contributed by atoms with van der Waals surface area (Å²) in [5, 5.41) is 2.85. The summed E-state index contributed by atoms with van der Waals surface area (Å²) in [6, 6.07) is 18.9. The van der Waals surface area contributed by atoms with Crippen molar-refractivity contribution in [2.24, 2.45) is 0 Å². The molecule has 1 amide bonds. The second kappa shape index (κ2) is 11.4. The zero-order valence-corrected chi connectivity index (χ0v) is 19.1. The Morgan fingerprint density at radius 3 is 1.88 bits per heavy atom. The van der Waals surface area contributed by atoms with Crippen molar-refractivity contribution in [1.82, 2.24) is 0 Å². The molecule has 0 saturated carbocycles. The van der Waals surface area contributed by atoms with Crippen LogP contribution in [0.25, 0.3) is 18.2 Å². The number of hydrogen-bond acceptors (Lipinski definition) is 5. The molecule has 170 valence electrons. The van der Waals surface area contributed by atoms with Crippen LogP contribution in [0.2, 0.25) is 0 Å². The molecule has 0 saturated heterocycles. The Labute approximate surface area is 194 Å². The summed E-state index contributed by atoms with van der Waals surface area (Å²) in [7, 11) is 6.30. The van der Waals surface area contributed by atoms with Gasteiger partial charge in [-0.15, -0.1) is 0 Å². The molecule has 3 aromatic rings. The average Bonchev–Trinajstić information content (AvgIpc) is 2.86. The lowest BCUT2D eigenvalue weighted by Gasteiger charge is -2.13. The van der Waals surface area contributed by atoms with Gasteiger partial charge in [-0.1, -0.05) is 48.6 Å². The van der Waals surface area contributed by atoms with Crippen LogP contribution < -0.4 is 24.3 Å². The molecule has 6 nitrogen and oxygen atoms in total. The summed E-state index contributed by atoms with van der Waals surface area (Å²) >= 11 is 0. The first-order valence-electron chi connectivity index (χ1n) is 10.3. The van der Waals surface area contributed by atoms with Gasteiger partial charge in [-0.05, 0) is 47.0 Å². The van der Waals surface area contributed by atoms with E-state index in [0.717, 1.165) is 16.7 Å². The van der Waals surface area contributed by atoms with Crippen molar-refractivity contribution in [3.05, 3.63) is 83.4 Å². The summed E-state index contributed by atoms with van der Waals surface area (Å²) in [4.78, 5) is 12.3. The van der Waals surface area contributed by atoms with Gasteiger partial charge in [-0.2, -0.15) is 0 Å². The monoisotopic (exact) mass is 445 g/mol. The lowest BCUT2D eigenvalue weighted by Crippen LogP contribution is -2.08. The molecule has 0 bridgehead atoms. The van der Waals surface area contributed by atoms with Crippen molar-refractivity contribution in [3.63, 3.8) is 0 Å². The third-order valence-electron chi connectivity index (χ3n) is 4.87. The molecule has 0 unspecified atom stereocenters. The van der Waals surface area contributed by atoms with Gasteiger partial charge >= 0.3 is 0 Å². The molecule has 1 N–H and O–H groups in total. The minimum absolute atomic E-state index is 0.238. The van der Waals surface area contributed by atoms with E-state index in [1.54, 1.807) is 34.5 Å². The lowest BCUT2D eigenvalue weighted by molar-refractivity contribution is -0.111. The quantitative estimate of drug-likeness (QED) is 0.346. The van der Waals surface area contributed by atoms with Gasteiger partial charge in [0.2, 0.25) is 11.7 Å². The number of carbonyl (C=O) groups excluding carboxylic acids is 1. The highest BCUT2D eigenvalue weighted by atomic mass is 16.5. The smallest absolute Gasteiger partial charge is 0.248 e. The van der Waals surface area contributed by atoms with Crippen molar-refractivity contribution in [2.45, 2.75) is 0 Å². The van der Waals surface area contributed by atoms with Crippen molar-refractivity contribution < 1.29 is 23.7 Å². The van der Waals surface area contributed by atoms with Crippen molar-refractivity contribution >= 4 is 29.8 Å². The summed E-state index contributed by atoms with van der Waals surface area (Å²) in [6.45, 7) is 0. The van der Waals surface area contributed by atoms with Gasteiger partial charge in [0.15, 0.2) is 11.5 Å². The van der Waals surface area contributed by atoms with Gasteiger partial charge in [0.05, 0.1) is 34.1 Å². The molecular formula is C27H27NO5. The van der Waals surface area contributed by atoms with Crippen LogP contribution in [0.3, 0.4) is 0 Å². The first kappa shape index (κ1) is 23.5. The van der Waals surface area contributed by atoms with Crippen LogP contribution in [-0.2, 0) is 4.79 Å². The van der Waals surface area contributed by atoms with Crippen LogP contribution in [0.5, 0.6) is 23.0 Å². The summed E-state index contributed by atoms with van der Waals surface area (Å²) < 4.78 is 21.6. The molecule has 0 aliphatic carbocycles. The van der Waals surface area contributed by atoms with Crippen molar-refractivity contribution in [2.75, 3.05) is 33.8 Å². The van der Waals surface area contributed by atoms with Crippen molar-refractivity contribution in [1.29, 1.82) is 0 Å². The molecule has 0 atom stereocenters. The number of anilines is 1. The Morgan fingerprint density at radius 2 is 1.27 bits per heavy atom. The van der Waals surface area contributed by atoms with E-state index in [9.17, 15) is 4.79 Å². The summed E-state index contributed by atoms with van der Waals surface area (Å²) in [5.74, 6) is 2.02. The van der Waals surface area contributed by atoms with E-state index in [-0.39, 0.29) is 5.91 Å². The second-order valence-electron chi connectivity index (χ2n) is 6.98. The average molecular weight is 446 g/mol. The number of benzene rings is 3. The standard InChI is InChI=1S/C27H27NO5/c1-30-23-16-20(10-11-21-17-24(31-2)27(33-4)25(18-21)32-3)12-14-22(23)28-26(29)15-13-19-8-6-5-7-9-19/h5-18H,1-4H3,(H,28,29). The fraction of sp³-hybridized carbons (Fsp3) is 0.148. The van der Waals surface area contributed by atoms with E-state index >= 15 is 0 Å². The highest BCUT2D eigenvalue weighted by molar-refractivity contribution is 6.02. The van der Waals surface area contributed by atoms with Gasteiger partial charge in [0, 0.05) is 6.08 Å². The van der Waals surface area contributed by atoms with E-state index in [1.807, 2.05) is 72.8 Å². The number of hydrogen-bond donors (Lipinski definition) is 1. The Balaban J connectivity index is 1.76. The number of rotatable bonds is 9. The van der Waals surface area contributed by atoms with Crippen LogP contribution in [0.4, 0.5) is 5.69 Å². The molecule has 3 aromatic carbocycles. The number of carbonyl (C=O) groups is 1. The van der Waals surface area contributed by atoms with Gasteiger partial charge in [-0.25, -0.2) is 0 Å². The highest BCUT2D eigenvalue weighted by Gasteiger charge is 2.12. The Hall–Kier alpha value is -4.19. The fourth-order valence-corrected chi connectivity index (χ4v) is 3.22. The van der Waals surface area contributed by atoms with E-state index < -0.39 is 0 Å². The molecule has 0 radical (unpaired) electrons. The molecule has 3 rings (SSSR count). The van der Waals surface area contributed by atoms with Gasteiger partial charge < -0.3 is 24.3 Å². The first-order valence-corrected chi connectivity index (χ1v) is 10.3. The number of nitrogens with one attached hydrogen (secondary N) is 1. The number of amides is 1. The topological polar surface area (TPSA) is 66.0 Å². The zero-order chi connectivity index (χ0) is 23.6. The molecule has 6 heteroatoms. The number of ether oxygens (including phenoxy) is 4. The van der Waals surface area contributed by atoms with E-state index in [2.05, 4.69) is 5.32 Å². The molecule has 0 heterocycles. The second-order valence-corrected chi connectivity index (χ2v) is 6.98. The predicted octanol–water partition coefficient (Wildman–Crippen LogP) is 5.54. The largest absolute Gasteiger partial charge is 0.495 e. The maximum Gasteiger partial charge on any atom is 0.248 e. The van der Waals surface area contributed by atoms with E-state index in [4.69, 9.17) is 18.9 Å². The third kappa shape index (κ3) is 6.17. The maximum atomic E-state index is 12.3. The SMILES string of the molecule is COc1cc(C=Cc2cc(OC)c(OC)c(OC)c2)ccc1NC(=O)C=Cc1ccccc1. The van der Waals surface area contributed by atoms with Crippen LogP contribution in [0.15, 0.2) is 66.7 Å². The molecule has 33 heavy (non-hydrogen) atoms. The zero-order valence-electron chi connectivity index (χ0n) is 19.1. The fourth-order valence-electron chi connectivity index (χ4n) is 3.22. The van der Waals surface area contributed by atoms with Gasteiger partial charge in [0.1, 0.15) is 5.75 Å². The minimum Gasteiger partial charge on any atom is -0.495 e. The van der Waals surface area contributed by atoms with Crippen LogP contribution in [-0.4, -0.2) is 34.3 Å². The minimum atomic E-state index is -0.238. The molecule has 0 aliphatic rings. The molecular weight excluding hydrogens is 418 g/mol. The van der Waals surface area contributed by atoms with Crippen LogP contribution >= 0.6 is 0 Å². The van der Waals surface area contributed by atoms with Gasteiger partial charge in [0.25, 0.3) is 0 Å². The van der Waals surface area contributed by atoms with Crippen LogP contribution in [0, 0.1) is 0 Å². The molecule has 0 spiro atoms. The molecule has 0 aromatic heterocycles. The first-order chi connectivity index (χ1) is 16.1. The Bertz CT molecular complexity index is 1130. The van der Waals surface area contributed by atoms with Crippen molar-refractivity contribution in [3.8, 4) is 23.0 Å². The summed E-state index contributed by atoms with van der Waals surface area (Å²) in [5.41, 5.74) is 3.32. The van der Waals surface area contributed by atoms with E-state index in [1.165, 1.54) is 6.08 Å². The maximum absolute atomic E-state index is 12.3. The van der Waals surface area contributed by atoms with Crippen LogP contribution in [0.1, 0.15) is 16.7 Å². The highest BCUT2D eigenvalue weighted by Crippen LogP contribution is 2.38. The Morgan fingerprint density at radius 1 is 0.667 bits per heavy atom. The number of methoxy groups -OCH3 is 4. The van der Waals surface area contributed by atoms with E-state index in [0.29, 0.717) is 28.7 Å². The summed E-state index contributed by atoms with van der Waals surface area (Å²) in [6.07, 6.45) is 7.12. The molecule has 0 fully saturated rings. The van der Waals surface area contributed by atoms with Gasteiger partial charge in [-0.3, -0.25) is 4.79 Å². The normalized spacial score (nSPS) is 10.9. The molecule has 0 aliphatic heterocycles. The predicted molar refractivity (Wildman–Crippen MR) is 132 cm³/mol. The lowest BCUT2D eigenvalue weighted by atomic mass is 10.1. The Kier molecular flexibility index (Phi) is 8.13. The third-order valence-corrected chi connectivity index (χ3v) is 4.87.